The van der Waals surface area contributed by atoms with Crippen molar-refractivity contribution in [3.63, 3.8) is 0 Å². The highest BCUT2D eigenvalue weighted by atomic mass is 16.6. The van der Waals surface area contributed by atoms with Crippen LogP contribution in [0.25, 0.3) is 0 Å². The van der Waals surface area contributed by atoms with Crippen LogP contribution in [0.2, 0.25) is 0 Å². The third kappa shape index (κ3) is 4.85. The van der Waals surface area contributed by atoms with Crippen LogP contribution >= 0.6 is 0 Å². The van der Waals surface area contributed by atoms with Crippen molar-refractivity contribution in [2.45, 2.75) is 32.8 Å². The van der Waals surface area contributed by atoms with Gasteiger partial charge in [0.05, 0.1) is 6.26 Å². The fourth-order valence-electron chi connectivity index (χ4n) is 3.28. The monoisotopic (exact) mass is 426 g/mol. The number of hydrogen-bond donors (Lipinski definition) is 2. The molecule has 1 aromatic rings. The van der Waals surface area contributed by atoms with E-state index in [1.165, 1.54) is 39.2 Å². The molecule has 8 heteroatoms. The number of esters is 2. The number of ether oxygens (including phenoxy) is 3. The topological polar surface area (TPSA) is 119 Å². The Morgan fingerprint density at radius 1 is 1.26 bits per heavy atom. The SMILES string of the molecule is CC(=O)OCC=CC1=CC2=CC(=O)[C@@](C)(OC(=O)c3c(C)cc(O)cc3O)CC2=CO1. The lowest BCUT2D eigenvalue weighted by Gasteiger charge is -2.33. The van der Waals surface area contributed by atoms with Crippen molar-refractivity contribution in [3.8, 4) is 11.5 Å². The molecule has 3 rings (SSSR count). The number of hydrogen-bond acceptors (Lipinski definition) is 8. The van der Waals surface area contributed by atoms with E-state index in [9.17, 15) is 24.6 Å². The molecule has 1 aliphatic carbocycles. The van der Waals surface area contributed by atoms with Crippen LogP contribution in [0.3, 0.4) is 0 Å². The molecule has 0 spiro atoms. The molecular weight excluding hydrogens is 404 g/mol. The first-order valence-corrected chi connectivity index (χ1v) is 9.49. The summed E-state index contributed by atoms with van der Waals surface area (Å²) in [6.45, 7) is 4.44. The lowest BCUT2D eigenvalue weighted by Crippen LogP contribution is -2.42. The average Bonchev–Trinajstić information content (AvgIpc) is 2.65. The predicted octanol–water partition coefficient (Wildman–Crippen LogP) is 3.14. The Kier molecular flexibility index (Phi) is 6.01. The first-order valence-electron chi connectivity index (χ1n) is 9.49. The molecule has 1 aromatic carbocycles. The van der Waals surface area contributed by atoms with E-state index < -0.39 is 29.1 Å². The zero-order valence-corrected chi connectivity index (χ0v) is 17.3. The number of aryl methyl sites for hydroxylation is 1. The number of fused-ring (bicyclic) bond motifs is 1. The number of aromatic hydroxyl groups is 2. The lowest BCUT2D eigenvalue weighted by atomic mass is 9.81. The molecule has 1 aliphatic heterocycles. The van der Waals surface area contributed by atoms with Gasteiger partial charge in [-0.3, -0.25) is 9.59 Å². The van der Waals surface area contributed by atoms with Crippen molar-refractivity contribution < 1.29 is 38.8 Å². The van der Waals surface area contributed by atoms with Gasteiger partial charge >= 0.3 is 11.9 Å². The van der Waals surface area contributed by atoms with Crippen LogP contribution in [0.5, 0.6) is 11.5 Å². The molecule has 2 aliphatic rings. The summed E-state index contributed by atoms with van der Waals surface area (Å²) in [5.41, 5.74) is 0.0111. The first-order chi connectivity index (χ1) is 14.6. The van der Waals surface area contributed by atoms with Crippen molar-refractivity contribution in [3.05, 3.63) is 70.7 Å². The second-order valence-corrected chi connectivity index (χ2v) is 7.43. The second kappa shape index (κ2) is 8.51. The van der Waals surface area contributed by atoms with Gasteiger partial charge in [-0.15, -0.1) is 0 Å². The number of carbonyl (C=O) groups excluding carboxylic acids is 3. The van der Waals surface area contributed by atoms with Crippen LogP contribution in [-0.4, -0.2) is 40.1 Å². The number of allylic oxidation sites excluding steroid dienone is 3. The number of phenolic OH excluding ortho intramolecular Hbond substituents is 2. The van der Waals surface area contributed by atoms with Crippen molar-refractivity contribution in [1.29, 1.82) is 0 Å². The van der Waals surface area contributed by atoms with E-state index >= 15 is 0 Å². The van der Waals surface area contributed by atoms with E-state index in [0.29, 0.717) is 22.5 Å². The van der Waals surface area contributed by atoms with E-state index in [4.69, 9.17) is 14.2 Å². The van der Waals surface area contributed by atoms with Crippen LogP contribution in [0.15, 0.2) is 59.6 Å². The van der Waals surface area contributed by atoms with Crippen LogP contribution in [0.4, 0.5) is 0 Å². The molecule has 1 heterocycles. The van der Waals surface area contributed by atoms with E-state index in [2.05, 4.69) is 0 Å². The van der Waals surface area contributed by atoms with E-state index in [1.807, 2.05) is 0 Å². The van der Waals surface area contributed by atoms with Crippen molar-refractivity contribution >= 4 is 17.7 Å². The Bertz CT molecular complexity index is 1050. The molecule has 1 atom stereocenters. The Labute approximate surface area is 178 Å². The van der Waals surface area contributed by atoms with Gasteiger partial charge in [0.2, 0.25) is 0 Å². The molecule has 0 saturated carbocycles. The number of benzene rings is 1. The largest absolute Gasteiger partial charge is 0.508 e. The standard InChI is InChI=1S/C23H22O8/c1-13-7-17(25)10-19(26)21(13)22(28)31-23(3)11-16-12-30-18(5-4-6-29-14(2)24)8-15(16)9-20(23)27/h4-5,7-10,12,25-26H,6,11H2,1-3H3/t23-/m0/s1. The van der Waals surface area contributed by atoms with Gasteiger partial charge in [0.15, 0.2) is 11.4 Å². The maximum atomic E-state index is 12.8. The summed E-state index contributed by atoms with van der Waals surface area (Å²) in [4.78, 5) is 36.2. The fourth-order valence-corrected chi connectivity index (χ4v) is 3.28. The molecule has 0 fully saturated rings. The van der Waals surface area contributed by atoms with Gasteiger partial charge < -0.3 is 24.4 Å². The highest BCUT2D eigenvalue weighted by molar-refractivity contribution is 6.03. The number of carbonyl (C=O) groups is 3. The van der Waals surface area contributed by atoms with Gasteiger partial charge in [-0.05, 0) is 60.9 Å². The van der Waals surface area contributed by atoms with Gasteiger partial charge in [0.25, 0.3) is 0 Å². The summed E-state index contributed by atoms with van der Waals surface area (Å²) in [7, 11) is 0. The molecule has 31 heavy (non-hydrogen) atoms. The smallest absolute Gasteiger partial charge is 0.343 e. The third-order valence-corrected chi connectivity index (χ3v) is 4.83. The summed E-state index contributed by atoms with van der Waals surface area (Å²) in [6, 6.07) is 2.35. The van der Waals surface area contributed by atoms with Crippen LogP contribution in [0.1, 0.15) is 36.2 Å². The highest BCUT2D eigenvalue weighted by Crippen LogP contribution is 2.37. The van der Waals surface area contributed by atoms with Crippen LogP contribution in [-0.2, 0) is 23.8 Å². The minimum Gasteiger partial charge on any atom is -0.508 e. The molecule has 0 amide bonds. The van der Waals surface area contributed by atoms with Gasteiger partial charge in [0.1, 0.15) is 29.4 Å². The molecule has 162 valence electrons. The Morgan fingerprint density at radius 3 is 2.68 bits per heavy atom. The van der Waals surface area contributed by atoms with E-state index in [-0.39, 0.29) is 24.3 Å². The molecule has 0 aromatic heterocycles. The molecule has 0 saturated heterocycles. The average molecular weight is 426 g/mol. The Hall–Kier alpha value is -3.81. The molecule has 0 radical (unpaired) electrons. The Morgan fingerprint density at radius 2 is 2.00 bits per heavy atom. The van der Waals surface area contributed by atoms with E-state index in [0.717, 1.165) is 6.07 Å². The van der Waals surface area contributed by atoms with Crippen LogP contribution < -0.4 is 0 Å². The predicted molar refractivity (Wildman–Crippen MR) is 109 cm³/mol. The number of phenols is 2. The molecular formula is C23H22O8. The quantitative estimate of drug-likeness (QED) is 0.689. The third-order valence-electron chi connectivity index (χ3n) is 4.83. The summed E-state index contributed by atoms with van der Waals surface area (Å²) in [5, 5.41) is 19.6. The summed E-state index contributed by atoms with van der Waals surface area (Å²) in [5.74, 6) is -1.84. The van der Waals surface area contributed by atoms with Crippen molar-refractivity contribution in [2.75, 3.05) is 6.61 Å². The van der Waals surface area contributed by atoms with Gasteiger partial charge in [-0.2, -0.15) is 0 Å². The summed E-state index contributed by atoms with van der Waals surface area (Å²) < 4.78 is 15.8. The minimum absolute atomic E-state index is 0.0856. The van der Waals surface area contributed by atoms with Gasteiger partial charge in [-0.25, -0.2) is 4.79 Å². The maximum Gasteiger partial charge on any atom is 0.343 e. The van der Waals surface area contributed by atoms with Gasteiger partial charge in [0, 0.05) is 19.4 Å². The molecule has 0 unspecified atom stereocenters. The zero-order valence-electron chi connectivity index (χ0n) is 17.3. The second-order valence-electron chi connectivity index (χ2n) is 7.43. The molecule has 2 N–H and O–H groups in total. The highest BCUT2D eigenvalue weighted by Gasteiger charge is 2.42. The molecule has 0 bridgehead atoms. The number of ketones is 1. The number of rotatable bonds is 5. The summed E-state index contributed by atoms with van der Waals surface area (Å²) in [6.07, 6.45) is 7.81. The maximum absolute atomic E-state index is 12.8. The lowest BCUT2D eigenvalue weighted by molar-refractivity contribution is -0.139. The van der Waals surface area contributed by atoms with E-state index in [1.54, 1.807) is 18.2 Å². The molecule has 8 nitrogen and oxygen atoms in total. The van der Waals surface area contributed by atoms with Crippen LogP contribution in [0, 0.1) is 6.92 Å². The normalized spacial score (nSPS) is 20.2. The minimum atomic E-state index is -1.48. The Balaban J connectivity index is 1.77. The summed E-state index contributed by atoms with van der Waals surface area (Å²) >= 11 is 0. The first kappa shape index (κ1) is 21.9. The zero-order chi connectivity index (χ0) is 22.8. The fraction of sp³-hybridized carbons (Fsp3) is 0.261. The van der Waals surface area contributed by atoms with Crippen molar-refractivity contribution in [1.82, 2.24) is 0 Å². The van der Waals surface area contributed by atoms with Gasteiger partial charge in [-0.1, -0.05) is 0 Å². The van der Waals surface area contributed by atoms with Crippen molar-refractivity contribution in [2.24, 2.45) is 0 Å².